The topological polar surface area (TPSA) is 85.3 Å². The number of hydrogen-bond acceptors (Lipinski definition) is 6. The number of halogens is 1. The summed E-state index contributed by atoms with van der Waals surface area (Å²) >= 11 is 0. The Morgan fingerprint density at radius 2 is 1.83 bits per heavy atom. The maximum atomic E-state index is 14.7. The van der Waals surface area contributed by atoms with Gasteiger partial charge in [0.2, 0.25) is 0 Å². The highest BCUT2D eigenvalue weighted by atomic mass is 19.1. The van der Waals surface area contributed by atoms with Gasteiger partial charge in [-0.3, -0.25) is 9.59 Å². The zero-order chi connectivity index (χ0) is 21.8. The highest BCUT2D eigenvalue weighted by Crippen LogP contribution is 2.42. The molecule has 7 nitrogen and oxygen atoms in total. The van der Waals surface area contributed by atoms with Gasteiger partial charge in [-0.05, 0) is 24.3 Å². The van der Waals surface area contributed by atoms with Gasteiger partial charge in [0.05, 0.1) is 38.0 Å². The first kappa shape index (κ1) is 21.3. The van der Waals surface area contributed by atoms with E-state index in [1.165, 1.54) is 50.5 Å². The molecule has 1 N–H and O–H groups in total. The summed E-state index contributed by atoms with van der Waals surface area (Å²) in [6.07, 6.45) is 0. The van der Waals surface area contributed by atoms with Crippen LogP contribution < -0.4 is 9.47 Å². The minimum atomic E-state index is -1.11. The molecule has 0 bridgehead atoms. The number of aliphatic hydroxyl groups is 1. The van der Waals surface area contributed by atoms with E-state index in [0.29, 0.717) is 5.75 Å². The van der Waals surface area contributed by atoms with Crippen molar-refractivity contribution in [2.75, 3.05) is 34.5 Å². The average Bonchev–Trinajstić information content (AvgIpc) is 3.01. The molecule has 1 saturated heterocycles. The summed E-state index contributed by atoms with van der Waals surface area (Å²) < 4.78 is 30.2. The molecule has 1 atom stereocenters. The van der Waals surface area contributed by atoms with E-state index in [0.717, 1.165) is 0 Å². The number of Topliss-reactive ketones (excluding diaryl/α,β-unsaturated/α-hetero) is 1. The Morgan fingerprint density at radius 3 is 2.47 bits per heavy atom. The van der Waals surface area contributed by atoms with Crippen LogP contribution in [0.1, 0.15) is 17.2 Å². The summed E-state index contributed by atoms with van der Waals surface area (Å²) in [6, 6.07) is 9.37. The number of nitrogens with zero attached hydrogens (tertiary/aromatic N) is 1. The lowest BCUT2D eigenvalue weighted by atomic mass is 9.94. The maximum Gasteiger partial charge on any atom is 0.295 e. The van der Waals surface area contributed by atoms with Crippen LogP contribution in [0.2, 0.25) is 0 Å². The Balaban J connectivity index is 2.25. The quantitative estimate of drug-likeness (QED) is 0.425. The molecule has 1 amide bonds. The fourth-order valence-electron chi connectivity index (χ4n) is 3.46. The smallest absolute Gasteiger partial charge is 0.295 e. The fourth-order valence-corrected chi connectivity index (χ4v) is 3.46. The van der Waals surface area contributed by atoms with E-state index in [9.17, 15) is 19.1 Å². The number of carbonyl (C=O) groups excluding carboxylic acids is 2. The van der Waals surface area contributed by atoms with Gasteiger partial charge in [-0.15, -0.1) is 0 Å². The number of methoxy groups -OCH3 is 3. The molecule has 0 radical (unpaired) electrons. The summed E-state index contributed by atoms with van der Waals surface area (Å²) in [6.45, 7) is 0.187. The van der Waals surface area contributed by atoms with Gasteiger partial charge >= 0.3 is 0 Å². The first-order valence-corrected chi connectivity index (χ1v) is 9.18. The van der Waals surface area contributed by atoms with Crippen LogP contribution in [0, 0.1) is 5.82 Å². The summed E-state index contributed by atoms with van der Waals surface area (Å²) in [5.74, 6) is -2.16. The molecular weight excluding hydrogens is 393 g/mol. The third kappa shape index (κ3) is 3.73. The van der Waals surface area contributed by atoms with Crippen LogP contribution in [0.15, 0.2) is 48.0 Å². The molecule has 2 aromatic carbocycles. The number of rotatable bonds is 7. The fraction of sp³-hybridized carbons (Fsp3) is 0.273. The van der Waals surface area contributed by atoms with E-state index in [1.54, 1.807) is 18.2 Å². The molecule has 2 aromatic rings. The molecule has 1 heterocycles. The molecule has 8 heteroatoms. The van der Waals surface area contributed by atoms with Crippen LogP contribution in [-0.2, 0) is 14.3 Å². The first-order chi connectivity index (χ1) is 14.4. The Hall–Kier alpha value is -3.39. The lowest BCUT2D eigenvalue weighted by Gasteiger charge is -2.25. The molecule has 30 heavy (non-hydrogen) atoms. The van der Waals surface area contributed by atoms with Crippen molar-refractivity contribution in [3.8, 4) is 11.5 Å². The zero-order valence-corrected chi connectivity index (χ0v) is 16.8. The monoisotopic (exact) mass is 415 g/mol. The number of hydrogen-bond donors (Lipinski definition) is 1. The van der Waals surface area contributed by atoms with E-state index in [-0.39, 0.29) is 35.6 Å². The van der Waals surface area contributed by atoms with Gasteiger partial charge in [0, 0.05) is 19.2 Å². The normalized spacial score (nSPS) is 18.0. The SMILES string of the molecule is COCCN1C(=O)C(=O)/C(=C(/O)c2cc(OC)ccc2OC)C1c1ccccc1F. The van der Waals surface area contributed by atoms with Gasteiger partial charge in [-0.2, -0.15) is 0 Å². The predicted molar refractivity (Wildman–Crippen MR) is 107 cm³/mol. The van der Waals surface area contributed by atoms with Crippen LogP contribution >= 0.6 is 0 Å². The Kier molecular flexibility index (Phi) is 6.37. The largest absolute Gasteiger partial charge is 0.507 e. The maximum absolute atomic E-state index is 14.7. The highest BCUT2D eigenvalue weighted by molar-refractivity contribution is 6.46. The molecule has 1 fully saturated rings. The van der Waals surface area contributed by atoms with Crippen molar-refractivity contribution in [2.24, 2.45) is 0 Å². The molecule has 0 aromatic heterocycles. The first-order valence-electron chi connectivity index (χ1n) is 9.18. The molecule has 1 aliphatic heterocycles. The van der Waals surface area contributed by atoms with Crippen molar-refractivity contribution < 1.29 is 33.3 Å². The Labute approximate surface area is 173 Å². The molecule has 158 valence electrons. The van der Waals surface area contributed by atoms with Gasteiger partial charge in [0.15, 0.2) is 0 Å². The molecule has 0 spiro atoms. The minimum absolute atomic E-state index is 0.0477. The van der Waals surface area contributed by atoms with Crippen molar-refractivity contribution in [3.05, 3.63) is 65.0 Å². The van der Waals surface area contributed by atoms with Gasteiger partial charge < -0.3 is 24.2 Å². The summed E-state index contributed by atoms with van der Waals surface area (Å²) in [7, 11) is 4.31. The number of carbonyl (C=O) groups is 2. The molecule has 3 rings (SSSR count). The molecule has 0 saturated carbocycles. The van der Waals surface area contributed by atoms with Crippen LogP contribution in [0.5, 0.6) is 11.5 Å². The number of amides is 1. The summed E-state index contributed by atoms with van der Waals surface area (Å²) in [4.78, 5) is 26.8. The highest BCUT2D eigenvalue weighted by Gasteiger charge is 2.47. The minimum Gasteiger partial charge on any atom is -0.507 e. The van der Waals surface area contributed by atoms with Gasteiger partial charge in [0.1, 0.15) is 23.1 Å². The second-order valence-electron chi connectivity index (χ2n) is 6.57. The molecule has 0 aliphatic carbocycles. The number of likely N-dealkylation sites (tertiary alicyclic amines) is 1. The third-order valence-corrected chi connectivity index (χ3v) is 4.94. The van der Waals surface area contributed by atoms with Crippen LogP contribution in [0.3, 0.4) is 0 Å². The van der Waals surface area contributed by atoms with Crippen LogP contribution in [0.25, 0.3) is 5.76 Å². The number of ether oxygens (including phenoxy) is 3. The van der Waals surface area contributed by atoms with Crippen molar-refractivity contribution in [1.29, 1.82) is 0 Å². The van der Waals surface area contributed by atoms with Crippen molar-refractivity contribution in [3.63, 3.8) is 0 Å². The van der Waals surface area contributed by atoms with E-state index in [1.807, 2.05) is 0 Å². The number of ketones is 1. The summed E-state index contributed by atoms with van der Waals surface area (Å²) in [5, 5.41) is 11.1. The van der Waals surface area contributed by atoms with Gasteiger partial charge in [-0.1, -0.05) is 18.2 Å². The molecule has 1 unspecified atom stereocenters. The van der Waals surface area contributed by atoms with E-state index in [4.69, 9.17) is 14.2 Å². The average molecular weight is 415 g/mol. The third-order valence-electron chi connectivity index (χ3n) is 4.94. The standard InChI is InChI=1S/C22H22FNO6/c1-28-11-10-24-19(14-6-4-5-7-16(14)23)18(21(26)22(24)27)20(25)15-12-13(29-2)8-9-17(15)30-3/h4-9,12,19,25H,10-11H2,1-3H3/b20-18+. The summed E-state index contributed by atoms with van der Waals surface area (Å²) in [5.41, 5.74) is 0.0203. The lowest BCUT2D eigenvalue weighted by molar-refractivity contribution is -0.140. The Bertz CT molecular complexity index is 1000. The van der Waals surface area contributed by atoms with Gasteiger partial charge in [0.25, 0.3) is 11.7 Å². The second-order valence-corrected chi connectivity index (χ2v) is 6.57. The Morgan fingerprint density at radius 1 is 1.10 bits per heavy atom. The van der Waals surface area contributed by atoms with Crippen molar-refractivity contribution >= 4 is 17.4 Å². The van der Waals surface area contributed by atoms with E-state index < -0.39 is 29.3 Å². The number of benzene rings is 2. The van der Waals surface area contributed by atoms with Crippen molar-refractivity contribution in [2.45, 2.75) is 6.04 Å². The predicted octanol–water partition coefficient (Wildman–Crippen LogP) is 2.91. The van der Waals surface area contributed by atoms with Crippen molar-refractivity contribution in [1.82, 2.24) is 4.90 Å². The van der Waals surface area contributed by atoms with Gasteiger partial charge in [-0.25, -0.2) is 4.39 Å². The lowest BCUT2D eigenvalue weighted by Crippen LogP contribution is -2.33. The van der Waals surface area contributed by atoms with E-state index >= 15 is 0 Å². The van der Waals surface area contributed by atoms with Crippen LogP contribution in [0.4, 0.5) is 4.39 Å². The molecular formula is C22H22FNO6. The second kappa shape index (κ2) is 8.96. The molecule has 1 aliphatic rings. The number of aliphatic hydroxyl groups excluding tert-OH is 1. The van der Waals surface area contributed by atoms with E-state index in [2.05, 4.69) is 0 Å². The zero-order valence-electron chi connectivity index (χ0n) is 16.8. The van der Waals surface area contributed by atoms with Crippen LogP contribution in [-0.4, -0.2) is 56.2 Å².